The zero-order valence-corrected chi connectivity index (χ0v) is 15.8. The van der Waals surface area contributed by atoms with Crippen molar-refractivity contribution in [2.24, 2.45) is 10.2 Å². The molecule has 7 heteroatoms. The highest BCUT2D eigenvalue weighted by atomic mass is 32.1. The molecule has 0 unspecified atom stereocenters. The summed E-state index contributed by atoms with van der Waals surface area (Å²) in [5.74, 6) is 0. The van der Waals surface area contributed by atoms with E-state index in [0.29, 0.717) is 5.13 Å². The third-order valence-corrected chi connectivity index (χ3v) is 5.38. The fourth-order valence-corrected chi connectivity index (χ4v) is 3.39. The Balaban J connectivity index is 1.59. The number of aromatic nitrogens is 1. The van der Waals surface area contributed by atoms with Gasteiger partial charge in [-0.3, -0.25) is 0 Å². The predicted molar refractivity (Wildman–Crippen MR) is 102 cm³/mol. The van der Waals surface area contributed by atoms with Gasteiger partial charge in [-0.1, -0.05) is 0 Å². The zero-order valence-electron chi connectivity index (χ0n) is 15.0. The van der Waals surface area contributed by atoms with E-state index in [1.165, 1.54) is 17.0 Å². The number of ether oxygens (including phenoxy) is 1. The molecule has 0 saturated carbocycles. The molecule has 1 fully saturated rings. The Labute approximate surface area is 153 Å². The second kappa shape index (κ2) is 8.51. The second-order valence-corrected chi connectivity index (χ2v) is 7.39. The summed E-state index contributed by atoms with van der Waals surface area (Å²) in [6.45, 7) is 9.35. The van der Waals surface area contributed by atoms with Crippen molar-refractivity contribution in [1.29, 1.82) is 0 Å². The lowest BCUT2D eigenvalue weighted by Crippen LogP contribution is -2.54. The minimum Gasteiger partial charge on any atom is -0.370 e. The van der Waals surface area contributed by atoms with Crippen LogP contribution in [0.15, 0.2) is 46.1 Å². The van der Waals surface area contributed by atoms with Crippen LogP contribution in [0.4, 0.5) is 16.5 Å². The molecule has 2 heterocycles. The maximum absolute atomic E-state index is 5.49. The number of hydrogen-bond donors (Lipinski definition) is 0. The van der Waals surface area contributed by atoms with E-state index in [0.717, 1.165) is 56.1 Å². The van der Waals surface area contributed by atoms with E-state index in [-0.39, 0.29) is 0 Å². The largest absolute Gasteiger partial charge is 0.370 e. The first-order valence-corrected chi connectivity index (χ1v) is 9.64. The fourth-order valence-electron chi connectivity index (χ4n) is 2.94. The van der Waals surface area contributed by atoms with Gasteiger partial charge < -0.3 is 14.1 Å². The molecule has 0 spiro atoms. The van der Waals surface area contributed by atoms with Crippen LogP contribution in [0.25, 0.3) is 0 Å². The van der Waals surface area contributed by atoms with E-state index in [9.17, 15) is 0 Å². The summed E-state index contributed by atoms with van der Waals surface area (Å²) in [5, 5.41) is 11.0. The Morgan fingerprint density at radius 2 is 1.96 bits per heavy atom. The van der Waals surface area contributed by atoms with Gasteiger partial charge in [-0.2, -0.15) is 0 Å². The van der Waals surface area contributed by atoms with Gasteiger partial charge in [0.1, 0.15) is 13.1 Å². The van der Waals surface area contributed by atoms with Gasteiger partial charge in [0.2, 0.25) is 5.13 Å². The van der Waals surface area contributed by atoms with E-state index >= 15 is 0 Å². The van der Waals surface area contributed by atoms with Crippen molar-refractivity contribution < 1.29 is 9.22 Å². The van der Waals surface area contributed by atoms with Gasteiger partial charge in [0.15, 0.2) is 0 Å². The Kier molecular flexibility index (Phi) is 6.12. The molecule has 25 heavy (non-hydrogen) atoms. The molecule has 0 radical (unpaired) electrons. The number of thiazole rings is 1. The number of anilines is 1. The van der Waals surface area contributed by atoms with Crippen molar-refractivity contribution >= 4 is 27.8 Å². The van der Waals surface area contributed by atoms with Gasteiger partial charge in [0.25, 0.3) is 0 Å². The number of azo groups is 1. The van der Waals surface area contributed by atoms with Crippen LogP contribution in [0.2, 0.25) is 0 Å². The topological polar surface area (TPSA) is 50.1 Å². The van der Waals surface area contributed by atoms with E-state index in [4.69, 9.17) is 4.74 Å². The van der Waals surface area contributed by atoms with Gasteiger partial charge in [0, 0.05) is 23.8 Å². The first kappa shape index (κ1) is 18.0. The van der Waals surface area contributed by atoms with Crippen molar-refractivity contribution in [1.82, 2.24) is 4.98 Å². The molecular weight excluding hydrogens is 334 g/mol. The van der Waals surface area contributed by atoms with E-state index in [2.05, 4.69) is 46.2 Å². The van der Waals surface area contributed by atoms with E-state index < -0.39 is 0 Å². The zero-order chi connectivity index (χ0) is 17.5. The summed E-state index contributed by atoms with van der Waals surface area (Å²) in [5.41, 5.74) is 2.08. The van der Waals surface area contributed by atoms with Crippen molar-refractivity contribution in [2.75, 3.05) is 57.9 Å². The molecule has 2 aromatic rings. The average molecular weight is 361 g/mol. The van der Waals surface area contributed by atoms with Crippen molar-refractivity contribution in [2.45, 2.75) is 6.92 Å². The van der Waals surface area contributed by atoms with Gasteiger partial charge in [-0.05, 0) is 31.2 Å². The van der Waals surface area contributed by atoms with E-state index in [1.54, 1.807) is 6.20 Å². The predicted octanol–water partition coefficient (Wildman–Crippen LogP) is 3.86. The van der Waals surface area contributed by atoms with Crippen molar-refractivity contribution in [3.63, 3.8) is 0 Å². The highest BCUT2D eigenvalue weighted by Crippen LogP contribution is 2.23. The molecule has 6 nitrogen and oxygen atoms in total. The lowest BCUT2D eigenvalue weighted by atomic mass is 10.2. The third kappa shape index (κ3) is 5.07. The lowest BCUT2D eigenvalue weighted by molar-refractivity contribution is -0.915. The molecule has 1 aromatic carbocycles. The number of benzene rings is 1. The maximum Gasteiger partial charge on any atom is 0.229 e. The number of quaternary nitrogens is 1. The number of morpholine rings is 1. The number of rotatable bonds is 7. The third-order valence-electron chi connectivity index (χ3n) is 4.73. The summed E-state index contributed by atoms with van der Waals surface area (Å²) >= 11 is 1.48. The molecule has 1 aromatic heterocycles. The summed E-state index contributed by atoms with van der Waals surface area (Å²) in [7, 11) is 2.33. The number of likely N-dealkylation sites (N-methyl/N-ethyl adjacent to an activating group) is 2. The average Bonchev–Trinajstić information content (AvgIpc) is 3.16. The standard InChI is InChI=1S/C18H26N5OS/c1-3-22(9-10-23(2)11-13-24-14-12-23)17-6-4-16(5-7-17)20-21-18-19-8-15-25-18/h4-8,15H,3,9-14H2,1-2H3/q+1/b21-20+. The first-order valence-electron chi connectivity index (χ1n) is 8.76. The Morgan fingerprint density at radius 1 is 1.20 bits per heavy atom. The Morgan fingerprint density at radius 3 is 2.60 bits per heavy atom. The molecule has 0 amide bonds. The van der Waals surface area contributed by atoms with Crippen LogP contribution in [0, 0.1) is 0 Å². The molecule has 1 aliphatic rings. The quantitative estimate of drug-likeness (QED) is 0.556. The normalized spacial score (nSPS) is 17.0. The van der Waals surface area contributed by atoms with Gasteiger partial charge in [-0.15, -0.1) is 21.6 Å². The van der Waals surface area contributed by atoms with Crippen LogP contribution in [0.1, 0.15) is 6.92 Å². The van der Waals surface area contributed by atoms with Crippen LogP contribution in [-0.4, -0.2) is 62.5 Å². The molecule has 0 bridgehead atoms. The Hall–Kier alpha value is -1.83. The first-order chi connectivity index (χ1) is 12.2. The monoisotopic (exact) mass is 360 g/mol. The van der Waals surface area contributed by atoms with Gasteiger partial charge >= 0.3 is 0 Å². The van der Waals surface area contributed by atoms with Crippen LogP contribution in [0.3, 0.4) is 0 Å². The highest BCUT2D eigenvalue weighted by molar-refractivity contribution is 7.13. The van der Waals surface area contributed by atoms with Crippen molar-refractivity contribution in [3.05, 3.63) is 35.8 Å². The lowest BCUT2D eigenvalue weighted by Gasteiger charge is -2.39. The summed E-state index contributed by atoms with van der Waals surface area (Å²) in [6.07, 6.45) is 1.73. The molecule has 0 N–H and O–H groups in total. The van der Waals surface area contributed by atoms with E-state index in [1.807, 2.05) is 17.5 Å². The van der Waals surface area contributed by atoms with Crippen LogP contribution < -0.4 is 4.90 Å². The Bertz CT molecular complexity index is 665. The molecule has 0 aliphatic carbocycles. The molecular formula is C18H26N5OS+. The number of nitrogens with zero attached hydrogens (tertiary/aromatic N) is 5. The van der Waals surface area contributed by atoms with Gasteiger partial charge in [-0.25, -0.2) is 4.98 Å². The van der Waals surface area contributed by atoms with Crippen LogP contribution in [0.5, 0.6) is 0 Å². The minimum atomic E-state index is 0.682. The minimum absolute atomic E-state index is 0.682. The fraction of sp³-hybridized carbons (Fsp3) is 0.500. The SMILES string of the molecule is CCN(CC[N+]1(C)CCOCC1)c1ccc(/N=N/c2nccs2)cc1. The van der Waals surface area contributed by atoms with Crippen LogP contribution in [-0.2, 0) is 4.74 Å². The van der Waals surface area contributed by atoms with Gasteiger partial charge in [0.05, 0.1) is 39.0 Å². The molecule has 0 atom stereocenters. The number of hydrogen-bond acceptors (Lipinski definition) is 6. The molecule has 134 valence electrons. The summed E-state index contributed by atoms with van der Waals surface area (Å²) in [6, 6.07) is 8.28. The molecule has 1 aliphatic heterocycles. The maximum atomic E-state index is 5.49. The summed E-state index contributed by atoms with van der Waals surface area (Å²) in [4.78, 5) is 6.52. The summed E-state index contributed by atoms with van der Waals surface area (Å²) < 4.78 is 6.59. The van der Waals surface area contributed by atoms with Crippen LogP contribution >= 0.6 is 11.3 Å². The smallest absolute Gasteiger partial charge is 0.229 e. The highest BCUT2D eigenvalue weighted by Gasteiger charge is 2.25. The van der Waals surface area contributed by atoms with Crippen molar-refractivity contribution in [3.8, 4) is 0 Å². The second-order valence-electron chi connectivity index (χ2n) is 6.51. The molecule has 1 saturated heterocycles. The molecule has 3 rings (SSSR count).